The van der Waals surface area contributed by atoms with E-state index in [-0.39, 0.29) is 13.2 Å². The fourth-order valence-electron chi connectivity index (χ4n) is 2.91. The summed E-state index contributed by atoms with van der Waals surface area (Å²) in [6.45, 7) is -0.560. The summed E-state index contributed by atoms with van der Waals surface area (Å²) < 4.78 is 28.8. The monoisotopic (exact) mass is 411 g/mol. The average molecular weight is 411 g/mol. The second-order valence-corrected chi connectivity index (χ2v) is 7.16. The lowest BCUT2D eigenvalue weighted by molar-refractivity contribution is -0.0514. The van der Waals surface area contributed by atoms with E-state index in [4.69, 9.17) is 13.8 Å². The zero-order valence-electron chi connectivity index (χ0n) is 14.7. The highest BCUT2D eigenvalue weighted by molar-refractivity contribution is 7.33. The lowest BCUT2D eigenvalue weighted by Gasteiger charge is -2.17. The number of nitrogens with zero attached hydrogens (tertiary/aromatic N) is 1. The molecule has 1 unspecified atom stereocenters. The van der Waals surface area contributed by atoms with Gasteiger partial charge in [0.1, 0.15) is 19.3 Å². The molecule has 3 rings (SSSR count). The molecule has 1 aromatic heterocycles. The van der Waals surface area contributed by atoms with Crippen molar-refractivity contribution < 1.29 is 28.6 Å². The summed E-state index contributed by atoms with van der Waals surface area (Å²) >= 11 is 0. The Morgan fingerprint density at radius 1 is 1.18 bits per heavy atom. The highest BCUT2D eigenvalue weighted by Crippen LogP contribution is 2.35. The van der Waals surface area contributed by atoms with Crippen LogP contribution in [0.3, 0.4) is 0 Å². The van der Waals surface area contributed by atoms with Gasteiger partial charge in [-0.1, -0.05) is 30.3 Å². The van der Waals surface area contributed by atoms with Crippen molar-refractivity contribution >= 4 is 8.25 Å². The van der Waals surface area contributed by atoms with Crippen molar-refractivity contribution in [3.8, 4) is 0 Å². The van der Waals surface area contributed by atoms with E-state index < -0.39 is 50.5 Å². The number of H-pyrrole nitrogens is 1. The molecule has 1 aliphatic heterocycles. The van der Waals surface area contributed by atoms with Crippen molar-refractivity contribution in [3.05, 3.63) is 69.0 Å². The minimum absolute atomic E-state index is 0.100. The molecule has 0 aliphatic carbocycles. The van der Waals surface area contributed by atoms with Crippen molar-refractivity contribution in [2.45, 2.75) is 25.0 Å². The van der Waals surface area contributed by atoms with E-state index >= 15 is 0 Å². The maximum atomic E-state index is 11.9. The van der Waals surface area contributed by atoms with Gasteiger partial charge in [-0.3, -0.25) is 14.3 Å². The molecular formula is C17H20N2O8P+. The highest BCUT2D eigenvalue weighted by atomic mass is 31.1. The third kappa shape index (κ3) is 4.79. The van der Waals surface area contributed by atoms with Gasteiger partial charge in [0.2, 0.25) is 0 Å². The molecule has 150 valence electrons. The SMILES string of the molecule is O=c1ccn([C@@H]2O[C@H](CO[P+](=O)OCc3ccccc3)[C@@H](CO)[C@H]2O)c(=O)[nH]1. The number of nitrogens with one attached hydrogen (secondary N) is 1. The molecule has 1 saturated heterocycles. The van der Waals surface area contributed by atoms with Gasteiger partial charge in [-0.15, -0.1) is 9.05 Å². The smallest absolute Gasteiger partial charge is 0.396 e. The number of hydrogen-bond acceptors (Lipinski definition) is 8. The Hall–Kier alpha value is -2.20. The summed E-state index contributed by atoms with van der Waals surface area (Å²) in [7, 11) is -2.45. The van der Waals surface area contributed by atoms with E-state index in [1.165, 1.54) is 6.20 Å². The number of aromatic nitrogens is 2. The van der Waals surface area contributed by atoms with Crippen molar-refractivity contribution in [2.75, 3.05) is 13.2 Å². The van der Waals surface area contributed by atoms with Crippen molar-refractivity contribution in [1.82, 2.24) is 9.55 Å². The van der Waals surface area contributed by atoms with Crippen molar-refractivity contribution in [1.29, 1.82) is 0 Å². The van der Waals surface area contributed by atoms with Gasteiger partial charge in [-0.2, -0.15) is 0 Å². The molecule has 11 heteroatoms. The summed E-state index contributed by atoms with van der Waals surface area (Å²) in [5, 5.41) is 19.9. The Labute approximate surface area is 160 Å². The summed E-state index contributed by atoms with van der Waals surface area (Å²) in [5.74, 6) is -0.777. The van der Waals surface area contributed by atoms with Crippen LogP contribution in [0.15, 0.2) is 52.2 Å². The maximum Gasteiger partial charge on any atom is 0.697 e. The van der Waals surface area contributed by atoms with Crippen LogP contribution in [0.1, 0.15) is 11.8 Å². The van der Waals surface area contributed by atoms with Crippen LogP contribution in [0.4, 0.5) is 0 Å². The van der Waals surface area contributed by atoms with Crippen LogP contribution in [0.2, 0.25) is 0 Å². The Morgan fingerprint density at radius 2 is 1.93 bits per heavy atom. The van der Waals surface area contributed by atoms with Gasteiger partial charge in [-0.25, -0.2) is 4.79 Å². The van der Waals surface area contributed by atoms with Crippen LogP contribution < -0.4 is 11.2 Å². The second kappa shape index (κ2) is 9.33. The number of aliphatic hydroxyl groups is 2. The van der Waals surface area contributed by atoms with Gasteiger partial charge >= 0.3 is 13.9 Å². The summed E-state index contributed by atoms with van der Waals surface area (Å²) in [6.07, 6.45) is -2.00. The van der Waals surface area contributed by atoms with E-state index in [0.717, 1.165) is 16.2 Å². The van der Waals surface area contributed by atoms with E-state index in [1.807, 2.05) is 30.3 Å². The first-order valence-corrected chi connectivity index (χ1v) is 9.62. The summed E-state index contributed by atoms with van der Waals surface area (Å²) in [4.78, 5) is 25.2. The molecule has 1 aromatic carbocycles. The molecule has 3 N–H and O–H groups in total. The molecule has 2 aromatic rings. The van der Waals surface area contributed by atoms with Gasteiger partial charge in [0.25, 0.3) is 5.56 Å². The van der Waals surface area contributed by atoms with Crippen LogP contribution in [-0.4, -0.2) is 45.2 Å². The zero-order valence-corrected chi connectivity index (χ0v) is 15.6. The number of ether oxygens (including phenoxy) is 1. The molecule has 5 atom stereocenters. The first-order chi connectivity index (χ1) is 13.5. The molecule has 10 nitrogen and oxygen atoms in total. The fraction of sp³-hybridized carbons (Fsp3) is 0.412. The predicted octanol–water partition coefficient (Wildman–Crippen LogP) is 0.294. The molecule has 2 heterocycles. The van der Waals surface area contributed by atoms with Crippen LogP contribution in [0.25, 0.3) is 0 Å². The minimum Gasteiger partial charge on any atom is -0.396 e. The molecule has 28 heavy (non-hydrogen) atoms. The largest absolute Gasteiger partial charge is 0.697 e. The fourth-order valence-corrected chi connectivity index (χ4v) is 3.51. The predicted molar refractivity (Wildman–Crippen MR) is 96.6 cm³/mol. The quantitative estimate of drug-likeness (QED) is 0.527. The van der Waals surface area contributed by atoms with Crippen LogP contribution in [0.5, 0.6) is 0 Å². The number of hydrogen-bond donors (Lipinski definition) is 3. The number of rotatable bonds is 8. The Balaban J connectivity index is 1.59. The minimum atomic E-state index is -2.45. The lowest BCUT2D eigenvalue weighted by Crippen LogP contribution is -2.36. The number of aliphatic hydroxyl groups excluding tert-OH is 2. The third-order valence-electron chi connectivity index (χ3n) is 4.38. The molecule has 0 saturated carbocycles. The lowest BCUT2D eigenvalue weighted by atomic mass is 9.99. The molecule has 0 radical (unpaired) electrons. The molecule has 0 bridgehead atoms. The standard InChI is InChI=1S/C17H19N2O8P/c20-8-12-13(10-26-28(24)25-9-11-4-2-1-3-5-11)27-16(15(12)22)19-7-6-14(21)18-17(19)23/h1-7,12-13,15-16,20,22H,8-10H2/p+1/t12-,13-,15-,16-/m1/s1. The van der Waals surface area contributed by atoms with Crippen LogP contribution in [0, 0.1) is 5.92 Å². The van der Waals surface area contributed by atoms with Gasteiger partial charge in [0.15, 0.2) is 6.23 Å². The van der Waals surface area contributed by atoms with Crippen LogP contribution in [-0.2, 0) is 25.0 Å². The van der Waals surface area contributed by atoms with Gasteiger partial charge in [0, 0.05) is 22.7 Å². The first kappa shape index (κ1) is 20.5. The van der Waals surface area contributed by atoms with Crippen LogP contribution >= 0.6 is 8.25 Å². The Bertz CT molecular complexity index is 915. The molecular weight excluding hydrogens is 391 g/mol. The normalized spacial score (nSPS) is 25.0. The topological polar surface area (TPSA) is 140 Å². The molecule has 1 aliphatic rings. The molecule has 0 amide bonds. The average Bonchev–Trinajstić information content (AvgIpc) is 3.01. The van der Waals surface area contributed by atoms with Gasteiger partial charge < -0.3 is 14.9 Å². The summed E-state index contributed by atoms with van der Waals surface area (Å²) in [6, 6.07) is 10.2. The van der Waals surface area contributed by atoms with E-state index in [0.29, 0.717) is 0 Å². The Morgan fingerprint density at radius 3 is 2.61 bits per heavy atom. The molecule has 1 fully saturated rings. The number of aromatic amines is 1. The Kier molecular flexibility index (Phi) is 6.84. The van der Waals surface area contributed by atoms with E-state index in [1.54, 1.807) is 0 Å². The zero-order chi connectivity index (χ0) is 20.1. The number of benzene rings is 1. The van der Waals surface area contributed by atoms with E-state index in [9.17, 15) is 24.4 Å². The molecule has 0 spiro atoms. The third-order valence-corrected chi connectivity index (χ3v) is 5.08. The summed E-state index contributed by atoms with van der Waals surface area (Å²) in [5.41, 5.74) is -0.514. The highest BCUT2D eigenvalue weighted by Gasteiger charge is 2.46. The van der Waals surface area contributed by atoms with Gasteiger partial charge in [0.05, 0.1) is 12.7 Å². The van der Waals surface area contributed by atoms with Crippen molar-refractivity contribution in [3.63, 3.8) is 0 Å². The second-order valence-electron chi connectivity index (χ2n) is 6.20. The van der Waals surface area contributed by atoms with Crippen molar-refractivity contribution in [2.24, 2.45) is 5.92 Å². The first-order valence-electron chi connectivity index (χ1n) is 8.52. The van der Waals surface area contributed by atoms with E-state index in [2.05, 4.69) is 4.98 Å². The van der Waals surface area contributed by atoms with Gasteiger partial charge in [-0.05, 0) is 5.56 Å². The maximum absolute atomic E-state index is 11.9.